The predicted molar refractivity (Wildman–Crippen MR) is 78.0 cm³/mol. The summed E-state index contributed by atoms with van der Waals surface area (Å²) < 4.78 is 7.59. The summed E-state index contributed by atoms with van der Waals surface area (Å²) in [6.07, 6.45) is 2.72. The third-order valence-corrected chi connectivity index (χ3v) is 3.64. The number of hydrogen-bond donors (Lipinski definition) is 1. The summed E-state index contributed by atoms with van der Waals surface area (Å²) >= 11 is 0. The summed E-state index contributed by atoms with van der Waals surface area (Å²) in [4.78, 5) is 2.26. The molecule has 0 bridgehead atoms. The van der Waals surface area contributed by atoms with Crippen molar-refractivity contribution in [1.82, 2.24) is 19.7 Å². The molecule has 1 aliphatic heterocycles. The Kier molecular flexibility index (Phi) is 4.06. The van der Waals surface area contributed by atoms with E-state index in [-0.39, 0.29) is 5.75 Å². The molecule has 21 heavy (non-hydrogen) atoms. The van der Waals surface area contributed by atoms with Crippen LogP contribution in [-0.4, -0.2) is 37.9 Å². The number of rotatable bonds is 5. The SMILES string of the molecule is CCCOc1ccc(CN2CCn3cnnc3C2)c(O)c1. The molecule has 0 radical (unpaired) electrons. The van der Waals surface area contributed by atoms with Crippen LogP contribution in [0.15, 0.2) is 24.5 Å². The Labute approximate surface area is 124 Å². The van der Waals surface area contributed by atoms with Crippen molar-refractivity contribution in [1.29, 1.82) is 0 Å². The molecule has 2 aromatic rings. The summed E-state index contributed by atoms with van der Waals surface area (Å²) in [6, 6.07) is 5.54. The lowest BCUT2D eigenvalue weighted by atomic mass is 10.1. The van der Waals surface area contributed by atoms with E-state index in [2.05, 4.69) is 26.6 Å². The normalized spacial score (nSPS) is 14.9. The standard InChI is InChI=1S/C15H20N4O2/c1-2-7-21-13-4-3-12(14(20)8-13)9-18-5-6-19-11-16-17-15(19)10-18/h3-4,8,11,20H,2,5-7,9-10H2,1H3. The number of nitrogens with zero attached hydrogens (tertiary/aromatic N) is 4. The van der Waals surface area contributed by atoms with Crippen LogP contribution >= 0.6 is 0 Å². The number of fused-ring (bicyclic) bond motifs is 1. The first-order valence-electron chi connectivity index (χ1n) is 7.30. The molecule has 2 heterocycles. The molecule has 1 aliphatic rings. The fourth-order valence-electron chi connectivity index (χ4n) is 2.48. The molecule has 6 nitrogen and oxygen atoms in total. The molecular formula is C15H20N4O2. The van der Waals surface area contributed by atoms with E-state index >= 15 is 0 Å². The molecule has 0 unspecified atom stereocenters. The van der Waals surface area contributed by atoms with Crippen LogP contribution in [0.4, 0.5) is 0 Å². The molecular weight excluding hydrogens is 268 g/mol. The smallest absolute Gasteiger partial charge is 0.147 e. The quantitative estimate of drug-likeness (QED) is 0.908. The highest BCUT2D eigenvalue weighted by Gasteiger charge is 2.18. The van der Waals surface area contributed by atoms with Gasteiger partial charge in [0.2, 0.25) is 0 Å². The van der Waals surface area contributed by atoms with E-state index in [1.807, 2.05) is 12.1 Å². The highest BCUT2D eigenvalue weighted by molar-refractivity contribution is 5.39. The first-order chi connectivity index (χ1) is 10.3. The zero-order valence-corrected chi connectivity index (χ0v) is 12.2. The van der Waals surface area contributed by atoms with Gasteiger partial charge in [-0.05, 0) is 12.5 Å². The zero-order chi connectivity index (χ0) is 14.7. The first-order valence-corrected chi connectivity index (χ1v) is 7.30. The van der Waals surface area contributed by atoms with Gasteiger partial charge in [0.15, 0.2) is 0 Å². The van der Waals surface area contributed by atoms with Gasteiger partial charge in [-0.25, -0.2) is 0 Å². The number of phenolic OH excluding ortho intramolecular Hbond substituents is 1. The van der Waals surface area contributed by atoms with Crippen molar-refractivity contribution in [3.8, 4) is 11.5 Å². The molecule has 0 spiro atoms. The van der Waals surface area contributed by atoms with Crippen LogP contribution in [0.3, 0.4) is 0 Å². The molecule has 0 aliphatic carbocycles. The topological polar surface area (TPSA) is 63.4 Å². The van der Waals surface area contributed by atoms with Crippen molar-refractivity contribution >= 4 is 0 Å². The van der Waals surface area contributed by atoms with E-state index < -0.39 is 0 Å². The fraction of sp³-hybridized carbons (Fsp3) is 0.467. The monoisotopic (exact) mass is 288 g/mol. The number of aromatic nitrogens is 3. The number of hydrogen-bond acceptors (Lipinski definition) is 5. The Morgan fingerprint density at radius 3 is 3.05 bits per heavy atom. The van der Waals surface area contributed by atoms with Crippen LogP contribution < -0.4 is 4.74 Å². The van der Waals surface area contributed by atoms with E-state index in [4.69, 9.17) is 4.74 Å². The van der Waals surface area contributed by atoms with Gasteiger partial charge in [-0.15, -0.1) is 10.2 Å². The maximum atomic E-state index is 10.1. The van der Waals surface area contributed by atoms with Crippen molar-refractivity contribution in [2.75, 3.05) is 13.2 Å². The van der Waals surface area contributed by atoms with Gasteiger partial charge >= 0.3 is 0 Å². The van der Waals surface area contributed by atoms with Gasteiger partial charge in [-0.3, -0.25) is 4.90 Å². The minimum atomic E-state index is 0.288. The van der Waals surface area contributed by atoms with Crippen LogP contribution in [0.25, 0.3) is 0 Å². The van der Waals surface area contributed by atoms with Gasteiger partial charge in [-0.1, -0.05) is 13.0 Å². The van der Waals surface area contributed by atoms with Crippen molar-refractivity contribution in [3.05, 3.63) is 35.9 Å². The molecule has 1 aromatic heterocycles. The van der Waals surface area contributed by atoms with Crippen molar-refractivity contribution in [2.45, 2.75) is 33.0 Å². The minimum absolute atomic E-state index is 0.288. The molecule has 112 valence electrons. The summed E-state index contributed by atoms with van der Waals surface area (Å²) in [6.45, 7) is 6.00. The molecule has 0 saturated carbocycles. The van der Waals surface area contributed by atoms with Crippen LogP contribution in [-0.2, 0) is 19.6 Å². The van der Waals surface area contributed by atoms with E-state index in [0.29, 0.717) is 13.2 Å². The van der Waals surface area contributed by atoms with Gasteiger partial charge in [0, 0.05) is 31.3 Å². The molecule has 0 atom stereocenters. The summed E-state index contributed by atoms with van der Waals surface area (Å²) in [5.41, 5.74) is 0.909. The number of aromatic hydroxyl groups is 1. The molecule has 1 aromatic carbocycles. The average molecular weight is 288 g/mol. The molecule has 6 heteroatoms. The lowest BCUT2D eigenvalue weighted by Gasteiger charge is -2.27. The lowest BCUT2D eigenvalue weighted by molar-refractivity contribution is 0.206. The second-order valence-electron chi connectivity index (χ2n) is 5.29. The molecule has 3 rings (SSSR count). The Balaban J connectivity index is 1.65. The van der Waals surface area contributed by atoms with Crippen molar-refractivity contribution in [3.63, 3.8) is 0 Å². The van der Waals surface area contributed by atoms with Gasteiger partial charge in [0.25, 0.3) is 0 Å². The Hall–Kier alpha value is -2.08. The summed E-state index contributed by atoms with van der Waals surface area (Å²) in [5, 5.41) is 18.2. The Bertz CT molecular complexity index is 611. The van der Waals surface area contributed by atoms with E-state index in [1.165, 1.54) is 0 Å². The van der Waals surface area contributed by atoms with E-state index in [1.54, 1.807) is 12.4 Å². The fourth-order valence-corrected chi connectivity index (χ4v) is 2.48. The second-order valence-corrected chi connectivity index (χ2v) is 5.29. The Morgan fingerprint density at radius 2 is 2.24 bits per heavy atom. The average Bonchev–Trinajstić information content (AvgIpc) is 2.95. The van der Waals surface area contributed by atoms with Gasteiger partial charge < -0.3 is 14.4 Å². The number of phenols is 1. The van der Waals surface area contributed by atoms with Crippen LogP contribution in [0.2, 0.25) is 0 Å². The van der Waals surface area contributed by atoms with Crippen LogP contribution in [0, 0.1) is 0 Å². The second kappa shape index (κ2) is 6.13. The molecule has 0 amide bonds. The predicted octanol–water partition coefficient (Wildman–Crippen LogP) is 1.79. The molecule has 0 fully saturated rings. The third-order valence-electron chi connectivity index (χ3n) is 3.64. The maximum Gasteiger partial charge on any atom is 0.147 e. The van der Waals surface area contributed by atoms with Gasteiger partial charge in [0.1, 0.15) is 23.7 Å². The third kappa shape index (κ3) is 3.16. The van der Waals surface area contributed by atoms with E-state index in [0.717, 1.165) is 43.2 Å². The largest absolute Gasteiger partial charge is 0.507 e. The van der Waals surface area contributed by atoms with Gasteiger partial charge in [0.05, 0.1) is 13.2 Å². The number of ether oxygens (including phenoxy) is 1. The lowest BCUT2D eigenvalue weighted by Crippen LogP contribution is -2.33. The van der Waals surface area contributed by atoms with E-state index in [9.17, 15) is 5.11 Å². The van der Waals surface area contributed by atoms with Gasteiger partial charge in [-0.2, -0.15) is 0 Å². The molecule has 1 N–H and O–H groups in total. The zero-order valence-electron chi connectivity index (χ0n) is 12.2. The first kappa shape index (κ1) is 13.9. The summed E-state index contributed by atoms with van der Waals surface area (Å²) in [5.74, 6) is 1.98. The molecule has 0 saturated heterocycles. The Morgan fingerprint density at radius 1 is 1.33 bits per heavy atom. The summed E-state index contributed by atoms with van der Waals surface area (Å²) in [7, 11) is 0. The van der Waals surface area contributed by atoms with Crippen molar-refractivity contribution < 1.29 is 9.84 Å². The van der Waals surface area contributed by atoms with Crippen LogP contribution in [0.1, 0.15) is 24.7 Å². The number of benzene rings is 1. The van der Waals surface area contributed by atoms with Crippen molar-refractivity contribution in [2.24, 2.45) is 0 Å². The maximum absolute atomic E-state index is 10.1. The minimum Gasteiger partial charge on any atom is -0.507 e. The highest BCUT2D eigenvalue weighted by Crippen LogP contribution is 2.26. The highest BCUT2D eigenvalue weighted by atomic mass is 16.5. The van der Waals surface area contributed by atoms with Crippen LogP contribution in [0.5, 0.6) is 11.5 Å².